The zero-order chi connectivity index (χ0) is 42.8. The molecule has 0 spiro atoms. The molecule has 5 heterocycles. The number of fused-ring (bicyclic) bond motifs is 1. The van der Waals surface area contributed by atoms with E-state index in [2.05, 4.69) is 25.6 Å². The minimum Gasteiger partial charge on any atom is -0.456 e. The Balaban J connectivity index is 0.971. The first-order valence-corrected chi connectivity index (χ1v) is 20.3. The van der Waals surface area contributed by atoms with Gasteiger partial charge in [-0.1, -0.05) is 50.2 Å². The van der Waals surface area contributed by atoms with Gasteiger partial charge in [-0.05, 0) is 73.6 Å². The van der Waals surface area contributed by atoms with Crippen LogP contribution in [-0.4, -0.2) is 87.1 Å². The summed E-state index contributed by atoms with van der Waals surface area (Å²) >= 11 is 0. The van der Waals surface area contributed by atoms with E-state index in [1.807, 2.05) is 50.2 Å². The van der Waals surface area contributed by atoms with Gasteiger partial charge in [-0.25, -0.2) is 23.9 Å². The van der Waals surface area contributed by atoms with E-state index < -0.39 is 30.1 Å². The molecule has 4 N–H and O–H groups in total. The number of methoxy groups -OCH3 is 2. The van der Waals surface area contributed by atoms with E-state index in [1.165, 1.54) is 20.3 Å². The largest absolute Gasteiger partial charge is 0.456 e. The number of benzene rings is 3. The average Bonchev–Trinajstić information content (AvgIpc) is 4.13. The van der Waals surface area contributed by atoms with E-state index in [9.17, 15) is 19.2 Å². The number of nitrogens with one attached hydrogen (secondary N) is 4. The molecule has 316 valence electrons. The molecule has 2 aliphatic rings. The summed E-state index contributed by atoms with van der Waals surface area (Å²) in [5.74, 6) is 0.463. The predicted molar refractivity (Wildman–Crippen MR) is 223 cm³/mol. The Morgan fingerprint density at radius 1 is 0.836 bits per heavy atom. The van der Waals surface area contributed by atoms with Crippen molar-refractivity contribution in [3.8, 4) is 33.8 Å². The SMILES string of the molecule is COC(=O)N[C@H](C(=O)N1CCC[C@H]1c1ncc(-c2ccc3oc(-c4ccc(-c5c[nH]c([C@@H]6CCCN6C(=O)[C@@H](NC(=O)OC)C(C)C)n5)cc4F)cc3c2)[nH]1)c1ccccc1. The molecule has 2 fully saturated rings. The lowest BCUT2D eigenvalue weighted by Gasteiger charge is -2.29. The van der Waals surface area contributed by atoms with Gasteiger partial charge in [0.05, 0.1) is 49.5 Å². The van der Waals surface area contributed by atoms with E-state index in [4.69, 9.17) is 18.9 Å². The smallest absolute Gasteiger partial charge is 0.407 e. The van der Waals surface area contributed by atoms with Crippen LogP contribution in [0.25, 0.3) is 44.8 Å². The second-order valence-electron chi connectivity index (χ2n) is 15.6. The van der Waals surface area contributed by atoms with Crippen molar-refractivity contribution in [2.45, 2.75) is 63.7 Å². The number of aromatic amines is 2. The Morgan fingerprint density at radius 2 is 1.52 bits per heavy atom. The third-order valence-corrected chi connectivity index (χ3v) is 11.5. The summed E-state index contributed by atoms with van der Waals surface area (Å²) in [6.45, 7) is 4.75. The number of amides is 4. The Hall–Kier alpha value is -6.97. The monoisotopic (exact) mass is 830 g/mol. The molecular weight excluding hydrogens is 784 g/mol. The highest BCUT2D eigenvalue weighted by atomic mass is 19.1. The van der Waals surface area contributed by atoms with Crippen LogP contribution >= 0.6 is 0 Å². The molecule has 0 radical (unpaired) electrons. The second kappa shape index (κ2) is 17.3. The summed E-state index contributed by atoms with van der Waals surface area (Å²) in [6, 6.07) is 19.0. The van der Waals surface area contributed by atoms with Gasteiger partial charge in [0, 0.05) is 35.8 Å². The fourth-order valence-corrected chi connectivity index (χ4v) is 8.31. The third-order valence-electron chi connectivity index (χ3n) is 11.5. The van der Waals surface area contributed by atoms with Gasteiger partial charge in [0.1, 0.15) is 40.9 Å². The zero-order valence-corrected chi connectivity index (χ0v) is 34.2. The number of rotatable bonds is 11. The lowest BCUT2D eigenvalue weighted by atomic mass is 10.0. The van der Waals surface area contributed by atoms with Crippen LogP contribution in [0.5, 0.6) is 0 Å². The number of aromatic nitrogens is 4. The lowest BCUT2D eigenvalue weighted by molar-refractivity contribution is -0.135. The summed E-state index contributed by atoms with van der Waals surface area (Å²) in [4.78, 5) is 71.2. The summed E-state index contributed by atoms with van der Waals surface area (Å²) in [6.07, 6.45) is 5.00. The standard InChI is InChI=1S/C45H47FN8O7/c1-25(2)38(51-44(57)59-3)42(55)53-18-8-12-34(53)40-48-24-33(50-40)28-14-16-30(31(46)21-28)37-22-29-20-27(15-17-36(29)61-37)32-23-47-41(49-32)35-13-9-19-54(35)43(56)39(52-45(58)60-4)26-10-6-5-7-11-26/h5-7,10-11,14-17,20-25,34-35,38-39H,8-9,12-13,18-19H2,1-4H3,(H,47,49)(H,48,50)(H,51,57)(H,52,58)/t34-,35-,38-,39-/m0/s1. The maximum atomic E-state index is 15.9. The van der Waals surface area contributed by atoms with Gasteiger partial charge in [0.2, 0.25) is 5.91 Å². The van der Waals surface area contributed by atoms with Crippen molar-refractivity contribution in [2.24, 2.45) is 5.92 Å². The van der Waals surface area contributed by atoms with Gasteiger partial charge in [-0.15, -0.1) is 0 Å². The van der Waals surface area contributed by atoms with Crippen LogP contribution in [0.4, 0.5) is 14.0 Å². The molecule has 2 saturated heterocycles. The molecule has 3 aromatic heterocycles. The van der Waals surface area contributed by atoms with Crippen molar-refractivity contribution in [1.29, 1.82) is 0 Å². The van der Waals surface area contributed by atoms with Crippen LogP contribution < -0.4 is 10.6 Å². The van der Waals surface area contributed by atoms with Gasteiger partial charge in [-0.3, -0.25) is 9.59 Å². The van der Waals surface area contributed by atoms with Crippen LogP contribution in [0.3, 0.4) is 0 Å². The molecule has 8 rings (SSSR count). The molecule has 0 unspecified atom stereocenters. The van der Waals surface area contributed by atoms with Gasteiger partial charge >= 0.3 is 12.2 Å². The van der Waals surface area contributed by atoms with E-state index >= 15 is 4.39 Å². The molecule has 0 bridgehead atoms. The number of hydrogen-bond donors (Lipinski definition) is 4. The van der Waals surface area contributed by atoms with Crippen LogP contribution in [0.2, 0.25) is 0 Å². The van der Waals surface area contributed by atoms with Gasteiger partial charge in [0.25, 0.3) is 5.91 Å². The Kier molecular flexibility index (Phi) is 11.6. The number of imidazole rings is 2. The molecule has 3 aromatic carbocycles. The van der Waals surface area contributed by atoms with Crippen LogP contribution in [0.15, 0.2) is 89.6 Å². The summed E-state index contributed by atoms with van der Waals surface area (Å²) in [7, 11) is 2.52. The van der Waals surface area contributed by atoms with Crippen molar-refractivity contribution in [1.82, 2.24) is 40.4 Å². The topological polar surface area (TPSA) is 188 Å². The van der Waals surface area contributed by atoms with Crippen molar-refractivity contribution in [3.63, 3.8) is 0 Å². The molecule has 0 aliphatic carbocycles. The van der Waals surface area contributed by atoms with Gasteiger partial charge in [0.15, 0.2) is 0 Å². The number of furan rings is 1. The highest BCUT2D eigenvalue weighted by Gasteiger charge is 2.39. The number of ether oxygens (including phenoxy) is 2. The Morgan fingerprint density at radius 3 is 2.23 bits per heavy atom. The summed E-state index contributed by atoms with van der Waals surface area (Å²) < 4.78 is 31.6. The molecule has 61 heavy (non-hydrogen) atoms. The van der Waals surface area contributed by atoms with Gasteiger partial charge < -0.3 is 44.3 Å². The van der Waals surface area contributed by atoms with Crippen molar-refractivity contribution >= 4 is 35.0 Å². The molecule has 4 amide bonds. The van der Waals surface area contributed by atoms with E-state index in [0.717, 1.165) is 29.5 Å². The minimum absolute atomic E-state index is 0.159. The fourth-order valence-electron chi connectivity index (χ4n) is 8.31. The molecule has 6 aromatic rings. The minimum atomic E-state index is -0.921. The fraction of sp³-hybridized carbons (Fsp3) is 0.333. The normalized spacial score (nSPS) is 17.4. The average molecular weight is 831 g/mol. The quantitative estimate of drug-likeness (QED) is 0.101. The number of H-pyrrole nitrogens is 2. The second-order valence-corrected chi connectivity index (χ2v) is 15.6. The number of carbonyl (C=O) groups excluding carboxylic acids is 4. The number of alkyl carbamates (subject to hydrolysis) is 2. The predicted octanol–water partition coefficient (Wildman–Crippen LogP) is 7.82. The zero-order valence-electron chi connectivity index (χ0n) is 34.2. The number of halogens is 1. The molecular formula is C45H47FN8O7. The maximum absolute atomic E-state index is 15.9. The summed E-state index contributed by atoms with van der Waals surface area (Å²) in [5, 5.41) is 6.11. The van der Waals surface area contributed by atoms with Crippen LogP contribution in [-0.2, 0) is 19.1 Å². The van der Waals surface area contributed by atoms with Crippen LogP contribution in [0.1, 0.15) is 74.9 Å². The molecule has 4 atom stereocenters. The Bertz CT molecular complexity index is 2570. The number of hydrogen-bond acceptors (Lipinski definition) is 9. The first kappa shape index (κ1) is 40.8. The Labute approximate surface area is 351 Å². The van der Waals surface area contributed by atoms with E-state index in [0.29, 0.717) is 65.7 Å². The molecule has 15 nitrogen and oxygen atoms in total. The van der Waals surface area contributed by atoms with Crippen molar-refractivity contribution in [3.05, 3.63) is 108 Å². The van der Waals surface area contributed by atoms with Gasteiger partial charge in [-0.2, -0.15) is 0 Å². The first-order chi connectivity index (χ1) is 29.5. The van der Waals surface area contributed by atoms with Crippen LogP contribution in [0, 0.1) is 11.7 Å². The van der Waals surface area contributed by atoms with Crippen molar-refractivity contribution < 1.29 is 37.5 Å². The lowest BCUT2D eigenvalue weighted by Crippen LogP contribution is -2.51. The molecule has 0 saturated carbocycles. The van der Waals surface area contributed by atoms with E-state index in [-0.39, 0.29) is 35.4 Å². The number of likely N-dealkylation sites (tertiary alicyclic amines) is 2. The highest BCUT2D eigenvalue weighted by Crippen LogP contribution is 2.37. The molecule has 16 heteroatoms. The molecule has 2 aliphatic heterocycles. The maximum Gasteiger partial charge on any atom is 0.407 e. The summed E-state index contributed by atoms with van der Waals surface area (Å²) in [5.41, 5.74) is 4.16. The third kappa shape index (κ3) is 8.29. The number of nitrogens with zero attached hydrogens (tertiary/aromatic N) is 4. The van der Waals surface area contributed by atoms with E-state index in [1.54, 1.807) is 52.5 Å². The number of carbonyl (C=O) groups is 4. The first-order valence-electron chi connectivity index (χ1n) is 20.3. The highest BCUT2D eigenvalue weighted by molar-refractivity contribution is 5.89. The van der Waals surface area contributed by atoms with Crippen molar-refractivity contribution in [2.75, 3.05) is 27.3 Å².